The highest BCUT2D eigenvalue weighted by molar-refractivity contribution is 5.20. The van der Waals surface area contributed by atoms with Crippen LogP contribution in [-0.2, 0) is 13.1 Å². The Morgan fingerprint density at radius 3 is 2.95 bits per heavy atom. The van der Waals surface area contributed by atoms with Crippen LogP contribution < -0.4 is 5.32 Å². The Labute approximate surface area is 123 Å². The van der Waals surface area contributed by atoms with Crippen LogP contribution in [0.2, 0.25) is 0 Å². The van der Waals surface area contributed by atoms with Gasteiger partial charge in [0.1, 0.15) is 11.5 Å². The molecule has 1 saturated heterocycles. The summed E-state index contributed by atoms with van der Waals surface area (Å²) in [6.45, 7) is 9.39. The second kappa shape index (κ2) is 7.25. The minimum absolute atomic E-state index is 0.674. The SMILES string of the molecule is CCNCc1cc(CN2CCCC2CN(C)C)oc1C. The summed E-state index contributed by atoms with van der Waals surface area (Å²) in [5.74, 6) is 2.17. The zero-order valence-corrected chi connectivity index (χ0v) is 13.4. The van der Waals surface area contributed by atoms with E-state index in [2.05, 4.69) is 49.1 Å². The molecule has 4 nitrogen and oxygen atoms in total. The zero-order valence-electron chi connectivity index (χ0n) is 13.4. The van der Waals surface area contributed by atoms with Gasteiger partial charge in [-0.2, -0.15) is 0 Å². The van der Waals surface area contributed by atoms with Gasteiger partial charge in [0.2, 0.25) is 0 Å². The summed E-state index contributed by atoms with van der Waals surface area (Å²) in [7, 11) is 4.31. The van der Waals surface area contributed by atoms with Crippen LogP contribution in [0.15, 0.2) is 10.5 Å². The lowest BCUT2D eigenvalue weighted by molar-refractivity contribution is 0.188. The van der Waals surface area contributed by atoms with E-state index in [0.29, 0.717) is 6.04 Å². The first-order chi connectivity index (χ1) is 9.60. The van der Waals surface area contributed by atoms with E-state index in [1.54, 1.807) is 0 Å². The summed E-state index contributed by atoms with van der Waals surface area (Å²) in [5.41, 5.74) is 1.30. The van der Waals surface area contributed by atoms with Crippen molar-refractivity contribution in [2.75, 3.05) is 33.7 Å². The summed E-state index contributed by atoms with van der Waals surface area (Å²) < 4.78 is 5.93. The number of hydrogen-bond donors (Lipinski definition) is 1. The summed E-state index contributed by atoms with van der Waals surface area (Å²) in [5, 5.41) is 3.37. The van der Waals surface area contributed by atoms with E-state index in [9.17, 15) is 0 Å². The summed E-state index contributed by atoms with van der Waals surface area (Å²) in [6, 6.07) is 2.90. The molecule has 1 atom stereocenters. The Kier molecular flexibility index (Phi) is 5.64. The van der Waals surface area contributed by atoms with Crippen molar-refractivity contribution in [2.45, 2.75) is 45.8 Å². The standard InChI is InChI=1S/C16H29N3O/c1-5-17-10-14-9-16(20-13(14)2)12-19-8-6-7-15(19)11-18(3)4/h9,15,17H,5-8,10-12H2,1-4H3. The average molecular weight is 279 g/mol. The van der Waals surface area contributed by atoms with Crippen molar-refractivity contribution in [1.29, 1.82) is 0 Å². The van der Waals surface area contributed by atoms with Gasteiger partial charge < -0.3 is 14.6 Å². The van der Waals surface area contributed by atoms with Crippen molar-refractivity contribution in [3.63, 3.8) is 0 Å². The summed E-state index contributed by atoms with van der Waals surface area (Å²) in [6.07, 6.45) is 2.62. The average Bonchev–Trinajstić information content (AvgIpc) is 2.94. The maximum Gasteiger partial charge on any atom is 0.118 e. The van der Waals surface area contributed by atoms with Gasteiger partial charge in [-0.05, 0) is 53.0 Å². The summed E-state index contributed by atoms with van der Waals surface area (Å²) >= 11 is 0. The molecule has 1 aliphatic rings. The Morgan fingerprint density at radius 1 is 1.45 bits per heavy atom. The molecule has 4 heteroatoms. The molecule has 1 aromatic heterocycles. The molecule has 1 N–H and O–H groups in total. The highest BCUT2D eigenvalue weighted by atomic mass is 16.3. The third-order valence-electron chi connectivity index (χ3n) is 4.07. The number of likely N-dealkylation sites (tertiary alicyclic amines) is 1. The van der Waals surface area contributed by atoms with Crippen LogP contribution in [-0.4, -0.2) is 49.6 Å². The third-order valence-corrected chi connectivity index (χ3v) is 4.07. The quantitative estimate of drug-likeness (QED) is 0.829. The maximum atomic E-state index is 5.93. The lowest BCUT2D eigenvalue weighted by Gasteiger charge is -2.26. The molecule has 2 heterocycles. The largest absolute Gasteiger partial charge is 0.465 e. The van der Waals surface area contributed by atoms with Gasteiger partial charge in [0.25, 0.3) is 0 Å². The topological polar surface area (TPSA) is 31.6 Å². The van der Waals surface area contributed by atoms with Crippen molar-refractivity contribution >= 4 is 0 Å². The van der Waals surface area contributed by atoms with Crippen LogP contribution in [0, 0.1) is 6.92 Å². The first kappa shape index (κ1) is 15.5. The molecule has 0 aromatic carbocycles. The Balaban J connectivity index is 1.95. The van der Waals surface area contributed by atoms with E-state index in [-0.39, 0.29) is 0 Å². The predicted molar refractivity (Wildman–Crippen MR) is 82.8 cm³/mol. The Hall–Kier alpha value is -0.840. The van der Waals surface area contributed by atoms with Crippen molar-refractivity contribution in [1.82, 2.24) is 15.1 Å². The van der Waals surface area contributed by atoms with Crippen LogP contribution in [0.5, 0.6) is 0 Å². The van der Waals surface area contributed by atoms with Gasteiger partial charge in [-0.1, -0.05) is 6.92 Å². The fraction of sp³-hybridized carbons (Fsp3) is 0.750. The number of hydrogen-bond acceptors (Lipinski definition) is 4. The normalized spacial score (nSPS) is 20.1. The van der Waals surface area contributed by atoms with Gasteiger partial charge in [0.15, 0.2) is 0 Å². The fourth-order valence-corrected chi connectivity index (χ4v) is 3.03. The zero-order chi connectivity index (χ0) is 14.5. The van der Waals surface area contributed by atoms with Crippen molar-refractivity contribution in [3.8, 4) is 0 Å². The molecule has 0 bridgehead atoms. The summed E-state index contributed by atoms with van der Waals surface area (Å²) in [4.78, 5) is 4.85. The number of nitrogens with one attached hydrogen (secondary N) is 1. The molecule has 0 saturated carbocycles. The van der Waals surface area contributed by atoms with E-state index in [0.717, 1.165) is 37.7 Å². The van der Waals surface area contributed by atoms with Crippen LogP contribution in [0.25, 0.3) is 0 Å². The molecule has 1 fully saturated rings. The van der Waals surface area contributed by atoms with Crippen molar-refractivity contribution < 1.29 is 4.42 Å². The monoisotopic (exact) mass is 279 g/mol. The number of nitrogens with zero attached hydrogens (tertiary/aromatic N) is 2. The molecule has 0 spiro atoms. The second-order valence-electron chi connectivity index (χ2n) is 6.10. The van der Waals surface area contributed by atoms with Crippen molar-refractivity contribution in [2.24, 2.45) is 0 Å². The molecule has 2 rings (SSSR count). The third kappa shape index (κ3) is 4.08. The van der Waals surface area contributed by atoms with E-state index in [4.69, 9.17) is 4.42 Å². The number of furan rings is 1. The molecule has 1 aromatic rings. The molecule has 0 amide bonds. The van der Waals surface area contributed by atoms with Crippen LogP contribution in [0.3, 0.4) is 0 Å². The Morgan fingerprint density at radius 2 is 2.25 bits per heavy atom. The Bertz CT molecular complexity index is 414. The molecule has 0 aliphatic carbocycles. The minimum atomic E-state index is 0.674. The van der Waals surface area contributed by atoms with E-state index >= 15 is 0 Å². The molecule has 20 heavy (non-hydrogen) atoms. The fourth-order valence-electron chi connectivity index (χ4n) is 3.03. The van der Waals surface area contributed by atoms with Crippen LogP contribution >= 0.6 is 0 Å². The first-order valence-corrected chi connectivity index (χ1v) is 7.77. The molecule has 1 aliphatic heterocycles. The van der Waals surface area contributed by atoms with Gasteiger partial charge in [-0.25, -0.2) is 0 Å². The van der Waals surface area contributed by atoms with Crippen molar-refractivity contribution in [3.05, 3.63) is 23.2 Å². The second-order valence-corrected chi connectivity index (χ2v) is 6.10. The highest BCUT2D eigenvalue weighted by Gasteiger charge is 2.25. The number of aryl methyl sites for hydroxylation is 1. The number of likely N-dealkylation sites (N-methyl/N-ethyl adjacent to an activating group) is 1. The van der Waals surface area contributed by atoms with Crippen LogP contribution in [0.1, 0.15) is 36.8 Å². The molecule has 1 unspecified atom stereocenters. The van der Waals surface area contributed by atoms with E-state index < -0.39 is 0 Å². The van der Waals surface area contributed by atoms with Gasteiger partial charge in [0, 0.05) is 24.7 Å². The van der Waals surface area contributed by atoms with E-state index in [1.165, 1.54) is 24.9 Å². The lowest BCUT2D eigenvalue weighted by atomic mass is 10.2. The smallest absolute Gasteiger partial charge is 0.118 e. The molecular formula is C16H29N3O. The van der Waals surface area contributed by atoms with Crippen LogP contribution in [0.4, 0.5) is 0 Å². The van der Waals surface area contributed by atoms with Gasteiger partial charge >= 0.3 is 0 Å². The van der Waals surface area contributed by atoms with Gasteiger partial charge in [-0.3, -0.25) is 4.90 Å². The molecule has 114 valence electrons. The predicted octanol–water partition coefficient (Wildman–Crippen LogP) is 2.22. The maximum absolute atomic E-state index is 5.93. The molecular weight excluding hydrogens is 250 g/mol. The minimum Gasteiger partial charge on any atom is -0.465 e. The highest BCUT2D eigenvalue weighted by Crippen LogP contribution is 2.23. The van der Waals surface area contributed by atoms with Gasteiger partial charge in [0.05, 0.1) is 6.54 Å². The first-order valence-electron chi connectivity index (χ1n) is 7.77. The lowest BCUT2D eigenvalue weighted by Crippen LogP contribution is -2.36. The molecule has 0 radical (unpaired) electrons. The van der Waals surface area contributed by atoms with E-state index in [1.807, 2.05) is 0 Å². The number of rotatable bonds is 7. The van der Waals surface area contributed by atoms with Gasteiger partial charge in [-0.15, -0.1) is 0 Å².